The van der Waals surface area contributed by atoms with Gasteiger partial charge in [-0.15, -0.1) is 0 Å². The van der Waals surface area contributed by atoms with Crippen molar-refractivity contribution in [3.63, 3.8) is 0 Å². The van der Waals surface area contributed by atoms with E-state index in [4.69, 9.17) is 20.8 Å². The normalized spacial score (nSPS) is 20.4. The number of likely N-dealkylation sites (tertiary alicyclic amines) is 1. The largest absolute Gasteiger partial charge is 0.495 e. The van der Waals surface area contributed by atoms with Crippen LogP contribution in [0.1, 0.15) is 18.9 Å². The molecule has 1 unspecified atom stereocenters. The molecule has 2 aromatic heterocycles. The molecule has 3 saturated heterocycles. The van der Waals surface area contributed by atoms with Crippen LogP contribution in [0.4, 0.5) is 31.9 Å². The van der Waals surface area contributed by atoms with Crippen molar-refractivity contribution in [3.05, 3.63) is 53.5 Å². The number of hydrogen-bond acceptors (Lipinski definition) is 11. The van der Waals surface area contributed by atoms with Crippen molar-refractivity contribution in [2.24, 2.45) is 0 Å². The number of aliphatic hydroxyl groups excluding tert-OH is 1. The van der Waals surface area contributed by atoms with Crippen LogP contribution in [-0.4, -0.2) is 120 Å². The zero-order chi connectivity index (χ0) is 34.0. The number of nitrogens with one attached hydrogen (secondary N) is 1. The minimum atomic E-state index is -3.38. The van der Waals surface area contributed by atoms with Gasteiger partial charge in [0.25, 0.3) is 5.91 Å². The van der Waals surface area contributed by atoms with Gasteiger partial charge in [0.15, 0.2) is 6.10 Å². The fraction of sp³-hybridized carbons (Fsp3) is 0.485. The quantitative estimate of drug-likeness (QED) is 0.325. The van der Waals surface area contributed by atoms with E-state index < -0.39 is 30.6 Å². The highest BCUT2D eigenvalue weighted by atomic mass is 19.3. The summed E-state index contributed by atoms with van der Waals surface area (Å²) in [6, 6.07) is 9.11. The molecule has 0 saturated carbocycles. The summed E-state index contributed by atoms with van der Waals surface area (Å²) < 4.78 is 46.8. The number of carbonyl (C=O) groups is 1. The number of methoxy groups -OCH3 is 1. The van der Waals surface area contributed by atoms with Crippen LogP contribution < -0.4 is 19.7 Å². The van der Waals surface area contributed by atoms with Gasteiger partial charge in [0, 0.05) is 45.3 Å². The third kappa shape index (κ3) is 6.96. The van der Waals surface area contributed by atoms with Crippen molar-refractivity contribution in [3.8, 4) is 22.9 Å². The van der Waals surface area contributed by atoms with Gasteiger partial charge in [0.05, 0.1) is 45.2 Å². The first kappa shape index (κ1) is 33.3. The zero-order valence-electron chi connectivity index (χ0n) is 27.0. The molecule has 3 aliphatic rings. The second-order valence-corrected chi connectivity index (χ2v) is 12.2. The number of piperidine rings is 1. The van der Waals surface area contributed by atoms with E-state index in [2.05, 4.69) is 34.9 Å². The zero-order valence-corrected chi connectivity index (χ0v) is 27.0. The number of rotatable bonds is 9. The number of benzene rings is 1. The first-order valence-electron chi connectivity index (χ1n) is 15.8. The predicted octanol–water partition coefficient (Wildman–Crippen LogP) is 3.67. The maximum absolute atomic E-state index is 15.0. The Morgan fingerprint density at radius 2 is 1.94 bits per heavy atom. The lowest BCUT2D eigenvalue weighted by Gasteiger charge is -2.43. The SMILES string of the molecule is [C-]#[N+]c1cc(-c2ccnc(Nc3ccc(N4CCN(C5COC5)CC4)c(OC)n3)n2)c(C)cc1OC1CCN(C(=O)[C@H](C)O)CC1(F)F. The second-order valence-electron chi connectivity index (χ2n) is 12.2. The molecule has 0 aliphatic carbocycles. The van der Waals surface area contributed by atoms with Crippen molar-refractivity contribution < 1.29 is 32.9 Å². The van der Waals surface area contributed by atoms with Crippen molar-refractivity contribution >= 4 is 29.0 Å². The third-order valence-corrected chi connectivity index (χ3v) is 8.90. The van der Waals surface area contributed by atoms with Gasteiger partial charge < -0.3 is 34.4 Å². The van der Waals surface area contributed by atoms with Crippen LogP contribution in [0, 0.1) is 13.5 Å². The van der Waals surface area contributed by atoms with Gasteiger partial charge >= 0.3 is 5.92 Å². The minimum absolute atomic E-state index is 0.00213. The van der Waals surface area contributed by atoms with Crippen LogP contribution in [-0.2, 0) is 9.53 Å². The molecular weight excluding hydrogens is 626 g/mol. The number of anilines is 3. The molecule has 5 heterocycles. The maximum atomic E-state index is 15.0. The van der Waals surface area contributed by atoms with Crippen molar-refractivity contribution in [1.29, 1.82) is 0 Å². The number of ether oxygens (including phenoxy) is 3. The summed E-state index contributed by atoms with van der Waals surface area (Å²) in [5, 5.41) is 12.7. The summed E-state index contributed by atoms with van der Waals surface area (Å²) in [5.41, 5.74) is 2.72. The molecule has 2 N–H and O–H groups in total. The molecule has 3 fully saturated rings. The molecule has 15 heteroatoms. The van der Waals surface area contributed by atoms with Crippen LogP contribution in [0.15, 0.2) is 36.5 Å². The summed E-state index contributed by atoms with van der Waals surface area (Å²) >= 11 is 0. The topological polar surface area (TPSA) is 130 Å². The first-order valence-corrected chi connectivity index (χ1v) is 15.8. The van der Waals surface area contributed by atoms with Gasteiger partial charge in [0.1, 0.15) is 23.4 Å². The van der Waals surface area contributed by atoms with Gasteiger partial charge in [-0.3, -0.25) is 9.69 Å². The molecule has 2 atom stereocenters. The van der Waals surface area contributed by atoms with Gasteiger partial charge in [-0.1, -0.05) is 0 Å². The number of carbonyl (C=O) groups excluding carboxylic acids is 1. The lowest BCUT2D eigenvalue weighted by molar-refractivity contribution is -0.165. The van der Waals surface area contributed by atoms with Crippen LogP contribution in [0.5, 0.6) is 11.6 Å². The minimum Gasteiger partial charge on any atom is -0.495 e. The van der Waals surface area contributed by atoms with E-state index in [0.717, 1.165) is 50.0 Å². The van der Waals surface area contributed by atoms with E-state index in [-0.39, 0.29) is 30.4 Å². The number of nitrogens with zero attached hydrogens (tertiary/aromatic N) is 7. The highest BCUT2D eigenvalue weighted by Gasteiger charge is 2.48. The summed E-state index contributed by atoms with van der Waals surface area (Å²) in [7, 11) is 1.59. The Labute approximate surface area is 277 Å². The molecule has 1 aromatic carbocycles. The van der Waals surface area contributed by atoms with E-state index in [9.17, 15) is 9.90 Å². The molecule has 3 aromatic rings. The molecule has 1 amide bonds. The van der Waals surface area contributed by atoms with Gasteiger partial charge in [-0.25, -0.2) is 23.6 Å². The van der Waals surface area contributed by atoms with E-state index in [0.29, 0.717) is 34.6 Å². The number of aromatic nitrogens is 3. The third-order valence-electron chi connectivity index (χ3n) is 8.90. The second kappa shape index (κ2) is 13.8. The fourth-order valence-corrected chi connectivity index (χ4v) is 6.14. The van der Waals surface area contributed by atoms with Crippen LogP contribution in [0.25, 0.3) is 16.1 Å². The van der Waals surface area contributed by atoms with E-state index in [1.165, 1.54) is 6.92 Å². The predicted molar refractivity (Wildman–Crippen MR) is 173 cm³/mol. The summed E-state index contributed by atoms with van der Waals surface area (Å²) in [5.74, 6) is -2.87. The van der Waals surface area contributed by atoms with E-state index in [1.54, 1.807) is 38.4 Å². The van der Waals surface area contributed by atoms with Crippen molar-refractivity contribution in [2.75, 3.05) is 69.8 Å². The lowest BCUT2D eigenvalue weighted by Crippen LogP contribution is -2.56. The summed E-state index contributed by atoms with van der Waals surface area (Å²) in [6.45, 7) is 15.1. The molecule has 0 bridgehead atoms. The Balaban J connectivity index is 1.15. The molecule has 254 valence electrons. The molecule has 0 radical (unpaired) electrons. The maximum Gasteiger partial charge on any atom is 0.301 e. The van der Waals surface area contributed by atoms with E-state index >= 15 is 8.78 Å². The van der Waals surface area contributed by atoms with Crippen LogP contribution >= 0.6 is 0 Å². The number of amides is 1. The number of alkyl halides is 2. The average Bonchev–Trinajstić information content (AvgIpc) is 3.05. The molecule has 13 nitrogen and oxygen atoms in total. The van der Waals surface area contributed by atoms with Crippen LogP contribution in [0.3, 0.4) is 0 Å². The first-order chi connectivity index (χ1) is 23.1. The highest BCUT2D eigenvalue weighted by Crippen LogP contribution is 2.39. The average molecular weight is 665 g/mol. The number of aryl methyl sites for hydroxylation is 1. The number of piperazine rings is 1. The van der Waals surface area contributed by atoms with Crippen molar-refractivity contribution in [2.45, 2.75) is 44.4 Å². The van der Waals surface area contributed by atoms with Gasteiger partial charge in [-0.2, -0.15) is 4.98 Å². The number of pyridine rings is 1. The summed E-state index contributed by atoms with van der Waals surface area (Å²) in [6.07, 6.45) is -1.49. The monoisotopic (exact) mass is 664 g/mol. The fourth-order valence-electron chi connectivity index (χ4n) is 6.14. The van der Waals surface area contributed by atoms with E-state index in [1.807, 2.05) is 12.1 Å². The Hall–Kier alpha value is -4.65. The molecule has 6 rings (SSSR count). The molecule has 48 heavy (non-hydrogen) atoms. The van der Waals surface area contributed by atoms with Crippen molar-refractivity contribution in [1.82, 2.24) is 24.8 Å². The highest BCUT2D eigenvalue weighted by molar-refractivity contribution is 5.80. The Morgan fingerprint density at radius 3 is 2.58 bits per heavy atom. The molecule has 3 aliphatic heterocycles. The Kier molecular flexibility index (Phi) is 9.58. The standard InChI is InChI=1S/C33H38F2N8O5/c1-20-15-27(48-28-8-10-43(19-33(28,34)35)31(45)21(2)44)25(36-3)16-23(20)24-7-9-37-32(38-24)40-29-6-5-26(30(39-29)46-4)42-13-11-41(12-14-42)22-17-47-18-22/h5-7,9,15-16,21-22,28,44H,8,10-14,17-19H2,1-2,4H3,(H,37,38,39,40)/t21-,28?/m0/s1. The smallest absolute Gasteiger partial charge is 0.301 e. The Bertz CT molecular complexity index is 1690. The molecular formula is C33H38F2N8O5. The van der Waals surface area contributed by atoms with Crippen LogP contribution in [0.2, 0.25) is 0 Å². The number of hydrogen-bond donors (Lipinski definition) is 2. The summed E-state index contributed by atoms with van der Waals surface area (Å²) in [4.78, 5) is 34.9. The number of aliphatic hydroxyl groups is 1. The molecule has 0 spiro atoms. The Morgan fingerprint density at radius 1 is 1.17 bits per heavy atom. The van der Waals surface area contributed by atoms with Gasteiger partial charge in [0.2, 0.25) is 17.5 Å². The number of halogens is 2. The van der Waals surface area contributed by atoms with Gasteiger partial charge in [-0.05, 0) is 55.3 Å². The lowest BCUT2D eigenvalue weighted by atomic mass is 10.0.